The Morgan fingerprint density at radius 1 is 1.09 bits per heavy atom. The number of carboxylic acids is 1. The Hall–Kier alpha value is -3.08. The molecule has 1 atom stereocenters. The van der Waals surface area contributed by atoms with Crippen LogP contribution >= 0.6 is 0 Å². The van der Waals surface area contributed by atoms with Gasteiger partial charge in [-0.05, 0) is 42.8 Å². The molecule has 118 valence electrons. The zero-order valence-electron chi connectivity index (χ0n) is 12.6. The Labute approximate surface area is 134 Å². The highest BCUT2D eigenvalue weighted by Gasteiger charge is 2.11. The molecule has 0 aliphatic rings. The average Bonchev–Trinajstić information content (AvgIpc) is 2.54. The molecule has 2 N–H and O–H groups in total. The molecule has 0 heterocycles. The third kappa shape index (κ3) is 5.32. The second kappa shape index (κ2) is 7.79. The van der Waals surface area contributed by atoms with E-state index in [9.17, 15) is 9.59 Å². The molecule has 0 spiro atoms. The lowest BCUT2D eigenvalue weighted by Gasteiger charge is -2.07. The fourth-order valence-corrected chi connectivity index (χ4v) is 1.80. The van der Waals surface area contributed by atoms with Crippen LogP contribution in [0.2, 0.25) is 0 Å². The fraction of sp³-hybridized carbons (Fsp3) is 0.111. The molecule has 0 fully saturated rings. The van der Waals surface area contributed by atoms with E-state index in [1.165, 1.54) is 13.0 Å². The van der Waals surface area contributed by atoms with Gasteiger partial charge in [0, 0.05) is 6.08 Å². The van der Waals surface area contributed by atoms with Crippen molar-refractivity contribution in [1.29, 1.82) is 0 Å². The van der Waals surface area contributed by atoms with E-state index < -0.39 is 17.9 Å². The van der Waals surface area contributed by atoms with E-state index in [4.69, 9.17) is 9.84 Å². The minimum absolute atomic E-state index is 0.464. The molecule has 0 saturated heterocycles. The number of carboxylic acid groups (broad SMARTS) is 1. The molecule has 0 aliphatic heterocycles. The summed E-state index contributed by atoms with van der Waals surface area (Å²) in [6, 6.07) is 15.7. The van der Waals surface area contributed by atoms with Gasteiger partial charge in [-0.2, -0.15) is 0 Å². The Morgan fingerprint density at radius 3 is 2.48 bits per heavy atom. The summed E-state index contributed by atoms with van der Waals surface area (Å²) in [4.78, 5) is 22.3. The van der Waals surface area contributed by atoms with Gasteiger partial charge in [0.05, 0.1) is 0 Å². The van der Waals surface area contributed by atoms with Crippen molar-refractivity contribution in [3.05, 3.63) is 66.2 Å². The van der Waals surface area contributed by atoms with Gasteiger partial charge < -0.3 is 15.2 Å². The maximum Gasteiger partial charge on any atom is 0.325 e. The average molecular weight is 311 g/mol. The molecule has 5 heteroatoms. The van der Waals surface area contributed by atoms with Crippen LogP contribution < -0.4 is 10.1 Å². The van der Waals surface area contributed by atoms with E-state index in [0.717, 1.165) is 11.3 Å². The molecule has 0 aromatic heterocycles. The zero-order chi connectivity index (χ0) is 16.7. The number of nitrogens with one attached hydrogen (secondary N) is 1. The first-order valence-corrected chi connectivity index (χ1v) is 7.09. The number of carbonyl (C=O) groups excluding carboxylic acids is 1. The summed E-state index contributed by atoms with van der Waals surface area (Å²) in [5.41, 5.74) is 0.775. The molecule has 5 nitrogen and oxygen atoms in total. The van der Waals surface area contributed by atoms with Gasteiger partial charge in [0.2, 0.25) is 5.91 Å². The molecule has 2 aromatic rings. The van der Waals surface area contributed by atoms with Crippen LogP contribution in [-0.4, -0.2) is 23.0 Å². The summed E-state index contributed by atoms with van der Waals surface area (Å²) in [6.07, 6.45) is 2.89. The normalized spacial score (nSPS) is 11.9. The lowest BCUT2D eigenvalue weighted by molar-refractivity contribution is -0.140. The quantitative estimate of drug-likeness (QED) is 0.804. The molecule has 23 heavy (non-hydrogen) atoms. The Morgan fingerprint density at radius 2 is 1.78 bits per heavy atom. The van der Waals surface area contributed by atoms with Gasteiger partial charge >= 0.3 is 5.97 Å². The highest BCUT2D eigenvalue weighted by atomic mass is 16.5. The van der Waals surface area contributed by atoms with Crippen molar-refractivity contribution in [2.75, 3.05) is 0 Å². The third-order valence-corrected chi connectivity index (χ3v) is 2.99. The maximum absolute atomic E-state index is 11.6. The van der Waals surface area contributed by atoms with E-state index in [0.29, 0.717) is 5.75 Å². The number of rotatable bonds is 6. The highest BCUT2D eigenvalue weighted by molar-refractivity contribution is 5.94. The molecule has 2 rings (SSSR count). The Bertz CT molecular complexity index is 710. The van der Waals surface area contributed by atoms with Gasteiger partial charge in [-0.25, -0.2) is 0 Å². The predicted octanol–water partition coefficient (Wildman–Crippen LogP) is 3.08. The number of hydrogen-bond acceptors (Lipinski definition) is 3. The van der Waals surface area contributed by atoms with Crippen molar-refractivity contribution >= 4 is 18.0 Å². The van der Waals surface area contributed by atoms with Crippen molar-refractivity contribution in [2.45, 2.75) is 13.0 Å². The number of benzene rings is 2. The van der Waals surface area contributed by atoms with Gasteiger partial charge in [0.25, 0.3) is 0 Å². The largest absolute Gasteiger partial charge is 0.480 e. The van der Waals surface area contributed by atoms with Crippen molar-refractivity contribution in [1.82, 2.24) is 5.32 Å². The molecular formula is C18H17NO4. The standard InChI is InChI=1S/C18H17NO4/c1-13(18(21)22)19-17(20)11-10-14-6-5-9-16(12-14)23-15-7-3-2-4-8-15/h2-13H,1H3,(H,19,20)(H,21,22)/b11-10+. The Balaban J connectivity index is 2.01. The zero-order valence-corrected chi connectivity index (χ0v) is 12.6. The van der Waals surface area contributed by atoms with Crippen LogP contribution in [0.4, 0.5) is 0 Å². The summed E-state index contributed by atoms with van der Waals surface area (Å²) < 4.78 is 5.71. The molecule has 0 radical (unpaired) electrons. The van der Waals surface area contributed by atoms with Crippen LogP contribution in [0.25, 0.3) is 6.08 Å². The second-order valence-corrected chi connectivity index (χ2v) is 4.89. The maximum atomic E-state index is 11.6. The fourth-order valence-electron chi connectivity index (χ4n) is 1.80. The minimum Gasteiger partial charge on any atom is -0.480 e. The lowest BCUT2D eigenvalue weighted by Crippen LogP contribution is -2.37. The SMILES string of the molecule is CC(NC(=O)/C=C/c1cccc(Oc2ccccc2)c1)C(=O)O. The number of para-hydroxylation sites is 1. The lowest BCUT2D eigenvalue weighted by atomic mass is 10.2. The second-order valence-electron chi connectivity index (χ2n) is 4.89. The van der Waals surface area contributed by atoms with Crippen molar-refractivity contribution in [2.24, 2.45) is 0 Å². The predicted molar refractivity (Wildman–Crippen MR) is 87.2 cm³/mol. The number of aliphatic carboxylic acids is 1. The number of amides is 1. The number of ether oxygens (including phenoxy) is 1. The molecular weight excluding hydrogens is 294 g/mol. The van der Waals surface area contributed by atoms with Crippen LogP contribution in [-0.2, 0) is 9.59 Å². The van der Waals surface area contributed by atoms with E-state index in [1.807, 2.05) is 48.5 Å². The van der Waals surface area contributed by atoms with E-state index in [-0.39, 0.29) is 0 Å². The molecule has 1 unspecified atom stereocenters. The molecule has 1 amide bonds. The van der Waals surface area contributed by atoms with E-state index in [1.54, 1.807) is 12.1 Å². The summed E-state index contributed by atoms with van der Waals surface area (Å²) >= 11 is 0. The third-order valence-electron chi connectivity index (χ3n) is 2.99. The van der Waals surface area contributed by atoms with Gasteiger partial charge in [-0.1, -0.05) is 30.3 Å². The van der Waals surface area contributed by atoms with E-state index >= 15 is 0 Å². The molecule has 0 bridgehead atoms. The summed E-state index contributed by atoms with van der Waals surface area (Å²) in [6.45, 7) is 1.41. The summed E-state index contributed by atoms with van der Waals surface area (Å²) in [7, 11) is 0. The van der Waals surface area contributed by atoms with Crippen molar-refractivity contribution < 1.29 is 19.4 Å². The Kier molecular flexibility index (Phi) is 5.52. The smallest absolute Gasteiger partial charge is 0.325 e. The highest BCUT2D eigenvalue weighted by Crippen LogP contribution is 2.22. The molecule has 0 aliphatic carbocycles. The topological polar surface area (TPSA) is 75.6 Å². The van der Waals surface area contributed by atoms with Crippen molar-refractivity contribution in [3.8, 4) is 11.5 Å². The van der Waals surface area contributed by atoms with Crippen LogP contribution in [0.5, 0.6) is 11.5 Å². The minimum atomic E-state index is -1.08. The number of carbonyl (C=O) groups is 2. The van der Waals surface area contributed by atoms with Gasteiger partial charge in [-0.3, -0.25) is 9.59 Å². The summed E-state index contributed by atoms with van der Waals surface area (Å²) in [5, 5.41) is 11.1. The van der Waals surface area contributed by atoms with E-state index in [2.05, 4.69) is 5.32 Å². The molecule has 0 saturated carbocycles. The van der Waals surface area contributed by atoms with Crippen molar-refractivity contribution in [3.63, 3.8) is 0 Å². The monoisotopic (exact) mass is 311 g/mol. The van der Waals surface area contributed by atoms with Crippen LogP contribution in [0.15, 0.2) is 60.7 Å². The molecule has 2 aromatic carbocycles. The first kappa shape index (κ1) is 16.3. The number of hydrogen-bond donors (Lipinski definition) is 2. The van der Waals surface area contributed by atoms with Crippen LogP contribution in [0, 0.1) is 0 Å². The van der Waals surface area contributed by atoms with Crippen LogP contribution in [0.1, 0.15) is 12.5 Å². The van der Waals surface area contributed by atoms with Gasteiger partial charge in [-0.15, -0.1) is 0 Å². The van der Waals surface area contributed by atoms with Crippen LogP contribution in [0.3, 0.4) is 0 Å². The van der Waals surface area contributed by atoms with Gasteiger partial charge in [0.15, 0.2) is 0 Å². The first-order chi connectivity index (χ1) is 11.0. The van der Waals surface area contributed by atoms with Gasteiger partial charge in [0.1, 0.15) is 17.5 Å². The first-order valence-electron chi connectivity index (χ1n) is 7.09. The summed E-state index contributed by atoms with van der Waals surface area (Å²) in [5.74, 6) is -0.168.